The number of fused-ring (bicyclic) bond motifs is 1. The number of hydrogen-bond donors (Lipinski definition) is 3. The molecule has 8 heteroatoms. The van der Waals surface area contributed by atoms with Gasteiger partial charge in [0, 0.05) is 30.8 Å². The van der Waals surface area contributed by atoms with E-state index in [1.54, 1.807) is 38.1 Å². The lowest BCUT2D eigenvalue weighted by molar-refractivity contribution is 0.0526. The van der Waals surface area contributed by atoms with E-state index in [9.17, 15) is 15.0 Å². The zero-order valence-electron chi connectivity index (χ0n) is 20.6. The molecule has 1 saturated heterocycles. The zero-order chi connectivity index (χ0) is 24.6. The average Bonchev–Trinajstić information content (AvgIpc) is 3.17. The molecule has 4 rings (SSSR count). The van der Waals surface area contributed by atoms with Gasteiger partial charge >= 0.3 is 0 Å². The Morgan fingerprint density at radius 2 is 1.79 bits per heavy atom. The van der Waals surface area contributed by atoms with Crippen molar-refractivity contribution in [1.29, 1.82) is 0 Å². The Morgan fingerprint density at radius 1 is 1.15 bits per heavy atom. The minimum Gasteiger partial charge on any atom is -0.393 e. The maximum atomic E-state index is 12.9. The fraction of sp³-hybridized carbons (Fsp3) is 0.500. The number of carbonyl (C=O) groups is 1. The minimum atomic E-state index is -0.963. The number of hydrogen-bond acceptors (Lipinski definition) is 6. The van der Waals surface area contributed by atoms with Crippen LogP contribution in [0.4, 0.5) is 11.6 Å². The Bertz CT molecular complexity index is 1160. The van der Waals surface area contributed by atoms with Crippen LogP contribution in [0.2, 0.25) is 0 Å². The Kier molecular flexibility index (Phi) is 6.64. The molecule has 1 atom stereocenters. The van der Waals surface area contributed by atoms with Gasteiger partial charge in [0.2, 0.25) is 0 Å². The van der Waals surface area contributed by atoms with Crippen molar-refractivity contribution in [3.05, 3.63) is 53.2 Å². The van der Waals surface area contributed by atoms with E-state index in [2.05, 4.69) is 34.1 Å². The standard InChI is InChI=1S/C26H35N5O3/c1-16(2)24(32)18-10-12-30(13-11-18)23-15-21(27-22-14-17(3)29-31(22)23)28-25(33)19-6-8-20(9-7-19)26(4,5)34/h6-9,14-16,18,24,32,34H,10-13H2,1-5H3,(H,27,28,33). The van der Waals surface area contributed by atoms with Crippen molar-refractivity contribution in [2.24, 2.45) is 11.8 Å². The first kappa shape index (κ1) is 24.2. The van der Waals surface area contributed by atoms with Crippen molar-refractivity contribution >= 4 is 23.2 Å². The molecule has 1 unspecified atom stereocenters. The zero-order valence-corrected chi connectivity index (χ0v) is 20.6. The van der Waals surface area contributed by atoms with Crippen molar-refractivity contribution < 1.29 is 15.0 Å². The average molecular weight is 466 g/mol. The number of amides is 1. The Morgan fingerprint density at radius 3 is 2.38 bits per heavy atom. The van der Waals surface area contributed by atoms with Gasteiger partial charge in [-0.2, -0.15) is 9.61 Å². The Hall–Kier alpha value is -2.97. The van der Waals surface area contributed by atoms with E-state index in [1.165, 1.54) is 0 Å². The van der Waals surface area contributed by atoms with E-state index < -0.39 is 5.60 Å². The first-order valence-electron chi connectivity index (χ1n) is 12.0. The third-order valence-corrected chi connectivity index (χ3v) is 6.66. The van der Waals surface area contributed by atoms with E-state index in [1.807, 2.05) is 23.6 Å². The van der Waals surface area contributed by atoms with Crippen molar-refractivity contribution in [1.82, 2.24) is 14.6 Å². The summed E-state index contributed by atoms with van der Waals surface area (Å²) in [5.74, 6) is 1.61. The first-order valence-corrected chi connectivity index (χ1v) is 12.0. The number of nitrogens with one attached hydrogen (secondary N) is 1. The Labute approximate surface area is 200 Å². The number of nitrogens with zero attached hydrogens (tertiary/aromatic N) is 4. The van der Waals surface area contributed by atoms with E-state index >= 15 is 0 Å². The molecule has 34 heavy (non-hydrogen) atoms. The second-order valence-electron chi connectivity index (χ2n) is 10.2. The molecule has 3 aromatic rings. The molecular weight excluding hydrogens is 430 g/mol. The number of rotatable bonds is 6. The second kappa shape index (κ2) is 9.35. The van der Waals surface area contributed by atoms with Crippen LogP contribution in [-0.4, -0.2) is 49.9 Å². The molecule has 1 aliphatic rings. The van der Waals surface area contributed by atoms with Crippen LogP contribution in [0.3, 0.4) is 0 Å². The van der Waals surface area contributed by atoms with Crippen LogP contribution in [0.25, 0.3) is 5.65 Å². The summed E-state index contributed by atoms with van der Waals surface area (Å²) in [4.78, 5) is 19.8. The van der Waals surface area contributed by atoms with Crippen LogP contribution in [0.1, 0.15) is 62.2 Å². The maximum Gasteiger partial charge on any atom is 0.256 e. The molecule has 2 aromatic heterocycles. The number of anilines is 2. The SMILES string of the molecule is Cc1cc2nc(NC(=O)c3ccc(C(C)(C)O)cc3)cc(N3CCC(C(O)C(C)C)CC3)n2n1. The monoisotopic (exact) mass is 465 g/mol. The number of aliphatic hydroxyl groups excluding tert-OH is 1. The summed E-state index contributed by atoms with van der Waals surface area (Å²) >= 11 is 0. The first-order chi connectivity index (χ1) is 16.0. The molecule has 3 heterocycles. The van der Waals surface area contributed by atoms with Crippen LogP contribution >= 0.6 is 0 Å². The smallest absolute Gasteiger partial charge is 0.256 e. The van der Waals surface area contributed by atoms with E-state index in [-0.39, 0.29) is 17.9 Å². The quantitative estimate of drug-likeness (QED) is 0.512. The van der Waals surface area contributed by atoms with Gasteiger partial charge in [-0.3, -0.25) is 4.79 Å². The second-order valence-corrected chi connectivity index (χ2v) is 10.2. The number of aromatic nitrogens is 3. The lowest BCUT2D eigenvalue weighted by Crippen LogP contribution is -2.40. The van der Waals surface area contributed by atoms with Gasteiger partial charge in [0.15, 0.2) is 5.65 Å². The molecule has 8 nitrogen and oxygen atoms in total. The van der Waals surface area contributed by atoms with Gasteiger partial charge in [-0.25, -0.2) is 4.98 Å². The van der Waals surface area contributed by atoms with Gasteiger partial charge in [-0.05, 0) is 63.1 Å². The van der Waals surface area contributed by atoms with Crippen molar-refractivity contribution in [2.75, 3.05) is 23.3 Å². The van der Waals surface area contributed by atoms with E-state index in [0.717, 1.165) is 43.0 Å². The molecule has 1 fully saturated rings. The normalized spacial score (nSPS) is 16.3. The van der Waals surface area contributed by atoms with Crippen LogP contribution in [0, 0.1) is 18.8 Å². The number of carbonyl (C=O) groups excluding carboxylic acids is 1. The highest BCUT2D eigenvalue weighted by atomic mass is 16.3. The van der Waals surface area contributed by atoms with Crippen molar-refractivity contribution in [3.63, 3.8) is 0 Å². The lowest BCUT2D eigenvalue weighted by Gasteiger charge is -2.36. The topological polar surface area (TPSA) is 103 Å². The number of benzene rings is 1. The highest BCUT2D eigenvalue weighted by Gasteiger charge is 2.28. The summed E-state index contributed by atoms with van der Waals surface area (Å²) in [6, 6.07) is 10.7. The molecule has 182 valence electrons. The number of piperidine rings is 1. The molecular formula is C26H35N5O3. The molecule has 0 bridgehead atoms. The van der Waals surface area contributed by atoms with Crippen molar-refractivity contribution in [2.45, 2.75) is 59.2 Å². The molecule has 3 N–H and O–H groups in total. The summed E-state index contributed by atoms with van der Waals surface area (Å²) in [5.41, 5.74) is 1.79. The predicted octanol–water partition coefficient (Wildman–Crippen LogP) is 3.75. The summed E-state index contributed by atoms with van der Waals surface area (Å²) < 4.78 is 1.82. The van der Waals surface area contributed by atoms with Crippen LogP contribution in [0.5, 0.6) is 0 Å². The van der Waals surface area contributed by atoms with Gasteiger partial charge in [0.05, 0.1) is 17.4 Å². The summed E-state index contributed by atoms with van der Waals surface area (Å²) in [5, 5.41) is 28.2. The van der Waals surface area contributed by atoms with E-state index in [4.69, 9.17) is 0 Å². The van der Waals surface area contributed by atoms with Crippen molar-refractivity contribution in [3.8, 4) is 0 Å². The fourth-order valence-corrected chi connectivity index (χ4v) is 4.59. The van der Waals surface area contributed by atoms with Gasteiger partial charge in [-0.1, -0.05) is 26.0 Å². The van der Waals surface area contributed by atoms with E-state index in [0.29, 0.717) is 22.9 Å². The molecule has 0 spiro atoms. The van der Waals surface area contributed by atoms with Crippen LogP contribution in [-0.2, 0) is 5.60 Å². The number of aliphatic hydroxyl groups is 2. The molecule has 0 saturated carbocycles. The molecule has 1 aromatic carbocycles. The molecule has 0 aliphatic carbocycles. The summed E-state index contributed by atoms with van der Waals surface area (Å²) in [6.45, 7) is 11.1. The lowest BCUT2D eigenvalue weighted by atomic mass is 9.86. The molecule has 1 aliphatic heterocycles. The van der Waals surface area contributed by atoms with Gasteiger partial charge in [0.1, 0.15) is 11.6 Å². The van der Waals surface area contributed by atoms with Crippen LogP contribution < -0.4 is 10.2 Å². The Balaban J connectivity index is 1.56. The molecule has 0 radical (unpaired) electrons. The minimum absolute atomic E-state index is 0.247. The maximum absolute atomic E-state index is 12.9. The van der Waals surface area contributed by atoms with Gasteiger partial charge < -0.3 is 20.4 Å². The van der Waals surface area contributed by atoms with Crippen LogP contribution in [0.15, 0.2) is 36.4 Å². The van der Waals surface area contributed by atoms with Gasteiger partial charge in [-0.15, -0.1) is 0 Å². The predicted molar refractivity (Wildman–Crippen MR) is 133 cm³/mol. The summed E-state index contributed by atoms with van der Waals surface area (Å²) in [6.07, 6.45) is 1.52. The third kappa shape index (κ3) is 5.08. The highest BCUT2D eigenvalue weighted by molar-refractivity contribution is 6.04. The largest absolute Gasteiger partial charge is 0.393 e. The summed E-state index contributed by atoms with van der Waals surface area (Å²) in [7, 11) is 0. The fourth-order valence-electron chi connectivity index (χ4n) is 4.59. The third-order valence-electron chi connectivity index (χ3n) is 6.66. The number of aryl methyl sites for hydroxylation is 1. The highest BCUT2D eigenvalue weighted by Crippen LogP contribution is 2.29. The molecule has 1 amide bonds. The van der Waals surface area contributed by atoms with Gasteiger partial charge in [0.25, 0.3) is 5.91 Å².